The number of fused-ring (bicyclic) bond motifs is 1. The van der Waals surface area contributed by atoms with Crippen molar-refractivity contribution in [3.8, 4) is 11.5 Å². The van der Waals surface area contributed by atoms with Crippen LogP contribution in [0.3, 0.4) is 0 Å². The number of rotatable bonds is 0. The molecule has 0 bridgehead atoms. The Morgan fingerprint density at radius 3 is 1.76 bits per heavy atom. The van der Waals surface area contributed by atoms with Crippen molar-refractivity contribution in [2.75, 3.05) is 7.11 Å². The molecular weight excluding hydrogens is 468 g/mol. The van der Waals surface area contributed by atoms with Gasteiger partial charge in [0.25, 0.3) is 0 Å². The average Bonchev–Trinajstić information content (AvgIpc) is 3.44. The molecule has 1 aromatic heterocycles. The van der Waals surface area contributed by atoms with E-state index in [1.54, 1.807) is 11.3 Å². The molecule has 0 aliphatic rings. The number of benzene rings is 1. The summed E-state index contributed by atoms with van der Waals surface area (Å²) in [5.41, 5.74) is 4.54. The van der Waals surface area contributed by atoms with Gasteiger partial charge in [0.05, 0.1) is 0 Å². The molecule has 0 aliphatic carbocycles. The van der Waals surface area contributed by atoms with Gasteiger partial charge >= 0.3 is 26.2 Å². The quantitative estimate of drug-likeness (QED) is 0.163. The number of hydrogen-bond acceptors (Lipinski definition) is 2. The Kier molecular flexibility index (Phi) is 14.4. The Labute approximate surface area is 200 Å². The van der Waals surface area contributed by atoms with Crippen LogP contribution in [0, 0.1) is 18.4 Å². The predicted octanol–water partition coefficient (Wildman–Crippen LogP) is 6.73. The number of aliphatic hydroxyl groups excluding tert-OH is 1. The van der Waals surface area contributed by atoms with Crippen molar-refractivity contribution in [1.29, 1.82) is 0 Å². The van der Waals surface area contributed by atoms with Crippen LogP contribution in [0.1, 0.15) is 10.4 Å². The van der Waals surface area contributed by atoms with Gasteiger partial charge in [0, 0.05) is 11.8 Å². The minimum atomic E-state index is -1.31. The first-order valence-electron chi connectivity index (χ1n) is 9.12. The summed E-state index contributed by atoms with van der Waals surface area (Å²) in [6.07, 6.45) is 0. The van der Waals surface area contributed by atoms with Crippen molar-refractivity contribution >= 4 is 29.5 Å². The van der Waals surface area contributed by atoms with Gasteiger partial charge in [0.2, 0.25) is 0 Å². The van der Waals surface area contributed by atoms with Crippen LogP contribution in [0.25, 0.3) is 10.1 Å². The zero-order chi connectivity index (χ0) is 20.8. The van der Waals surface area contributed by atoms with Gasteiger partial charge in [0.1, 0.15) is 8.07 Å². The summed E-state index contributed by atoms with van der Waals surface area (Å²) < 4.78 is 1.28. The molecule has 0 amide bonds. The van der Waals surface area contributed by atoms with E-state index in [1.165, 1.54) is 10.1 Å². The van der Waals surface area contributed by atoms with Crippen LogP contribution < -0.4 is 0 Å². The summed E-state index contributed by atoms with van der Waals surface area (Å²) in [6.45, 7) is 10.9. The third-order valence-electron chi connectivity index (χ3n) is 3.34. The van der Waals surface area contributed by atoms with Crippen molar-refractivity contribution in [3.63, 3.8) is 0 Å². The third-order valence-corrected chi connectivity index (χ3v) is 5.24. The molecule has 4 heteroatoms. The fourth-order valence-electron chi connectivity index (χ4n) is 2.12. The molecule has 1 N–H and O–H groups in total. The van der Waals surface area contributed by atoms with Crippen LogP contribution in [0.2, 0.25) is 19.6 Å². The average molecular weight is 497 g/mol. The van der Waals surface area contributed by atoms with Gasteiger partial charge in [-0.05, 0) is 6.07 Å². The topological polar surface area (TPSA) is 20.2 Å². The molecule has 1 heterocycles. The van der Waals surface area contributed by atoms with Crippen LogP contribution in [0.5, 0.6) is 0 Å². The Morgan fingerprint density at radius 2 is 1.34 bits per heavy atom. The molecule has 0 spiro atoms. The minimum Gasteiger partial charge on any atom is -0.400 e. The second-order valence-electron chi connectivity index (χ2n) is 6.82. The normalized spacial score (nSPS) is 9.14. The van der Waals surface area contributed by atoms with E-state index in [1.807, 2.05) is 60.7 Å². The fourth-order valence-corrected chi connectivity index (χ4v) is 3.58. The largest absolute Gasteiger partial charge is 3.00 e. The first kappa shape index (κ1) is 27.4. The minimum absolute atomic E-state index is 0. The zero-order valence-electron chi connectivity index (χ0n) is 17.6. The van der Waals surface area contributed by atoms with Gasteiger partial charge < -0.3 is 5.11 Å². The van der Waals surface area contributed by atoms with Crippen LogP contribution >= 0.6 is 11.3 Å². The first-order valence-corrected chi connectivity index (χ1v) is 13.4. The Balaban J connectivity index is 0.000000493. The molecule has 149 valence electrons. The van der Waals surface area contributed by atoms with E-state index in [4.69, 9.17) is 5.11 Å². The molecule has 0 saturated carbocycles. The number of thiophene rings is 1. The number of hydrogen-bond donors (Lipinski definition) is 1. The molecule has 1 nitrogen and oxygen atoms in total. The van der Waals surface area contributed by atoms with Crippen molar-refractivity contribution in [1.82, 2.24) is 0 Å². The van der Waals surface area contributed by atoms with Crippen LogP contribution in [0.15, 0.2) is 84.9 Å². The summed E-state index contributed by atoms with van der Waals surface area (Å²) in [6, 6.07) is 28.4. The Bertz CT molecular complexity index is 876. The van der Waals surface area contributed by atoms with Gasteiger partial charge in [-0.3, -0.25) is 0 Å². The monoisotopic (exact) mass is 495 g/mol. The standard InChI is InChI=1S/C14H15SSi.2C5H5.CH4O.Zr/c1-11-12(9-10-16(2,3)4)13-7-5-6-8-14(13)15-11;2*1-2-4-5-3-1;1-2;/h5-8H,1H2,2-4H3;2*1-5H;2H,1H3;/q3*-1;;+3. The van der Waals surface area contributed by atoms with E-state index in [0.29, 0.717) is 0 Å². The van der Waals surface area contributed by atoms with E-state index >= 15 is 0 Å². The smallest absolute Gasteiger partial charge is 0.400 e. The second kappa shape index (κ2) is 15.2. The summed E-state index contributed by atoms with van der Waals surface area (Å²) >= 11 is 1.73. The summed E-state index contributed by atoms with van der Waals surface area (Å²) in [5.74, 6) is 3.34. The molecule has 0 aliphatic heterocycles. The molecule has 4 rings (SSSR count). The molecule has 29 heavy (non-hydrogen) atoms. The zero-order valence-corrected chi connectivity index (χ0v) is 21.9. The van der Waals surface area contributed by atoms with E-state index in [-0.39, 0.29) is 26.2 Å². The maximum absolute atomic E-state index is 7.00. The van der Waals surface area contributed by atoms with Gasteiger partial charge in [-0.1, -0.05) is 43.2 Å². The van der Waals surface area contributed by atoms with Crippen molar-refractivity contribution in [2.45, 2.75) is 19.6 Å². The van der Waals surface area contributed by atoms with Crippen LogP contribution in [0.4, 0.5) is 0 Å². The Morgan fingerprint density at radius 1 is 0.862 bits per heavy atom. The van der Waals surface area contributed by atoms with E-state index in [2.05, 4.69) is 62.3 Å². The molecule has 4 aromatic rings. The van der Waals surface area contributed by atoms with Gasteiger partial charge in [-0.2, -0.15) is 53.7 Å². The summed E-state index contributed by atoms with van der Waals surface area (Å²) in [4.78, 5) is 1.09. The van der Waals surface area contributed by atoms with Crippen LogP contribution in [-0.4, -0.2) is 20.3 Å². The Hall–Kier alpha value is -1.63. The molecule has 0 unspecified atom stereocenters. The molecule has 0 atom stereocenters. The second-order valence-corrected chi connectivity index (χ2v) is 12.7. The van der Waals surface area contributed by atoms with E-state index in [9.17, 15) is 0 Å². The number of aliphatic hydroxyl groups is 1. The van der Waals surface area contributed by atoms with Crippen LogP contribution in [-0.2, 0) is 26.2 Å². The van der Waals surface area contributed by atoms with Gasteiger partial charge in [-0.15, -0.1) is 16.0 Å². The molecular formula is C25H29OSSiZr. The van der Waals surface area contributed by atoms with Crippen molar-refractivity contribution in [3.05, 3.63) is 102 Å². The third kappa shape index (κ3) is 11.2. The van der Waals surface area contributed by atoms with Crippen molar-refractivity contribution in [2.24, 2.45) is 0 Å². The predicted molar refractivity (Wildman–Crippen MR) is 129 cm³/mol. The maximum atomic E-state index is 7.00. The molecule has 0 saturated heterocycles. The summed E-state index contributed by atoms with van der Waals surface area (Å²) in [7, 11) is -0.308. The van der Waals surface area contributed by atoms with E-state index < -0.39 is 8.07 Å². The first-order chi connectivity index (χ1) is 13.5. The van der Waals surface area contributed by atoms with Gasteiger partial charge in [-0.25, -0.2) is 31.2 Å². The van der Waals surface area contributed by atoms with Crippen molar-refractivity contribution < 1.29 is 31.3 Å². The molecule has 3 aromatic carbocycles. The summed E-state index contributed by atoms with van der Waals surface area (Å²) in [5, 5.41) is 8.25. The van der Waals surface area contributed by atoms with Gasteiger partial charge in [0.15, 0.2) is 0 Å². The maximum Gasteiger partial charge on any atom is 3.00 e. The SMILES string of the molecule is CO.[CH2-]c1sc2ccccc2c1C#C[Si](C)(C)C.[Zr+3].c1cc[cH-]c1.c1cc[cH-]c1. The molecule has 0 fully saturated rings. The molecule has 1 radical (unpaired) electrons. The van der Waals surface area contributed by atoms with E-state index in [0.717, 1.165) is 17.6 Å². The fraction of sp³-hybridized carbons (Fsp3) is 0.160.